The Labute approximate surface area is 132 Å². The largest absolute Gasteiger partial charge is 0.416 e. The van der Waals surface area contributed by atoms with Gasteiger partial charge in [0.1, 0.15) is 0 Å². The Balaban J connectivity index is 0.00000102. The predicted octanol–water partition coefficient (Wildman–Crippen LogP) is 5.91. The summed E-state index contributed by atoms with van der Waals surface area (Å²) in [5.41, 5.74) is 1.51. The van der Waals surface area contributed by atoms with Crippen LogP contribution in [-0.4, -0.2) is 17.5 Å². The molecule has 0 aliphatic carbocycles. The molecule has 1 aromatic carbocycles. The van der Waals surface area contributed by atoms with Crippen LogP contribution >= 0.6 is 0 Å². The molecule has 1 saturated heterocycles. The molecule has 1 heterocycles. The standard InChI is InChI=1S/C14H16F3N.2C2H6/c1-10-7-8-18(11(10)2)9-12-3-5-13(6-4-12)14(15,16)17;2*1-2/h3-6,11H,1,7-9H2,2H3;2*1-2H3/t11-;;/m0../s1. The number of rotatable bonds is 2. The Morgan fingerprint density at radius 3 is 1.95 bits per heavy atom. The first-order chi connectivity index (χ1) is 10.4. The van der Waals surface area contributed by atoms with Gasteiger partial charge < -0.3 is 0 Å². The van der Waals surface area contributed by atoms with Crippen LogP contribution in [0, 0.1) is 0 Å². The fourth-order valence-electron chi connectivity index (χ4n) is 2.20. The lowest BCUT2D eigenvalue weighted by atomic mass is 10.1. The molecule has 0 radical (unpaired) electrons. The highest BCUT2D eigenvalue weighted by Crippen LogP contribution is 2.30. The molecule has 0 spiro atoms. The van der Waals surface area contributed by atoms with Crippen molar-refractivity contribution in [1.29, 1.82) is 0 Å². The van der Waals surface area contributed by atoms with Crippen LogP contribution in [0.15, 0.2) is 36.4 Å². The first-order valence-electron chi connectivity index (χ1n) is 7.96. The van der Waals surface area contributed by atoms with E-state index < -0.39 is 11.7 Å². The molecular weight excluding hydrogens is 287 g/mol. The average molecular weight is 315 g/mol. The lowest BCUT2D eigenvalue weighted by molar-refractivity contribution is -0.137. The van der Waals surface area contributed by atoms with Gasteiger partial charge in [0.25, 0.3) is 0 Å². The number of hydrogen-bond donors (Lipinski definition) is 0. The molecule has 1 aliphatic rings. The van der Waals surface area contributed by atoms with Crippen molar-refractivity contribution >= 4 is 0 Å². The van der Waals surface area contributed by atoms with Crippen LogP contribution in [0.4, 0.5) is 13.2 Å². The minimum atomic E-state index is -4.26. The van der Waals surface area contributed by atoms with Crippen molar-refractivity contribution in [3.63, 3.8) is 0 Å². The summed E-state index contributed by atoms with van der Waals surface area (Å²) < 4.78 is 37.2. The van der Waals surface area contributed by atoms with E-state index in [1.165, 1.54) is 5.57 Å². The van der Waals surface area contributed by atoms with Crippen LogP contribution in [-0.2, 0) is 12.7 Å². The summed E-state index contributed by atoms with van der Waals surface area (Å²) in [5.74, 6) is 0. The summed E-state index contributed by atoms with van der Waals surface area (Å²) in [6, 6.07) is 5.70. The van der Waals surface area contributed by atoms with Crippen molar-refractivity contribution in [2.45, 2.75) is 59.8 Å². The number of alkyl halides is 3. The molecule has 22 heavy (non-hydrogen) atoms. The van der Waals surface area contributed by atoms with Gasteiger partial charge in [-0.1, -0.05) is 52.0 Å². The van der Waals surface area contributed by atoms with Gasteiger partial charge in [0.15, 0.2) is 0 Å². The minimum Gasteiger partial charge on any atom is -0.292 e. The van der Waals surface area contributed by atoms with Gasteiger partial charge in [-0.2, -0.15) is 13.2 Å². The smallest absolute Gasteiger partial charge is 0.292 e. The number of benzene rings is 1. The van der Waals surface area contributed by atoms with Crippen molar-refractivity contribution in [1.82, 2.24) is 4.90 Å². The van der Waals surface area contributed by atoms with E-state index in [9.17, 15) is 13.2 Å². The fraction of sp³-hybridized carbons (Fsp3) is 0.556. The summed E-state index contributed by atoms with van der Waals surface area (Å²) in [7, 11) is 0. The Bertz CT molecular complexity index is 435. The highest BCUT2D eigenvalue weighted by Gasteiger charge is 2.30. The zero-order valence-corrected chi connectivity index (χ0v) is 14.3. The maximum absolute atomic E-state index is 12.4. The van der Waals surface area contributed by atoms with Crippen LogP contribution in [0.2, 0.25) is 0 Å². The molecule has 126 valence electrons. The molecule has 0 aromatic heterocycles. The summed E-state index contributed by atoms with van der Waals surface area (Å²) in [5, 5.41) is 0. The zero-order valence-electron chi connectivity index (χ0n) is 14.3. The van der Waals surface area contributed by atoms with Gasteiger partial charge in [-0.15, -0.1) is 0 Å². The third-order valence-electron chi connectivity index (χ3n) is 3.53. The monoisotopic (exact) mass is 315 g/mol. The Kier molecular flexibility index (Phi) is 9.10. The van der Waals surface area contributed by atoms with E-state index in [1.54, 1.807) is 12.1 Å². The summed E-state index contributed by atoms with van der Waals surface area (Å²) in [6.07, 6.45) is -3.28. The molecule has 0 unspecified atom stereocenters. The molecule has 0 N–H and O–H groups in total. The van der Waals surface area contributed by atoms with Crippen LogP contribution in [0.3, 0.4) is 0 Å². The molecule has 2 rings (SSSR count). The van der Waals surface area contributed by atoms with E-state index in [0.29, 0.717) is 12.6 Å². The van der Waals surface area contributed by atoms with E-state index in [4.69, 9.17) is 0 Å². The molecule has 1 fully saturated rings. The average Bonchev–Trinajstić information content (AvgIpc) is 2.83. The Morgan fingerprint density at radius 1 is 1.09 bits per heavy atom. The molecule has 0 amide bonds. The third kappa shape index (κ3) is 5.84. The van der Waals surface area contributed by atoms with Crippen molar-refractivity contribution in [3.05, 3.63) is 47.5 Å². The zero-order chi connectivity index (χ0) is 17.3. The second kappa shape index (κ2) is 9.67. The number of halogens is 3. The topological polar surface area (TPSA) is 3.24 Å². The second-order valence-corrected chi connectivity index (χ2v) is 4.75. The molecule has 1 atom stereocenters. The number of nitrogens with zero attached hydrogens (tertiary/aromatic N) is 1. The lowest BCUT2D eigenvalue weighted by Gasteiger charge is -2.21. The van der Waals surface area contributed by atoms with Crippen molar-refractivity contribution in [3.8, 4) is 0 Å². The van der Waals surface area contributed by atoms with E-state index >= 15 is 0 Å². The second-order valence-electron chi connectivity index (χ2n) is 4.75. The van der Waals surface area contributed by atoms with Crippen LogP contribution in [0.5, 0.6) is 0 Å². The van der Waals surface area contributed by atoms with Crippen molar-refractivity contribution < 1.29 is 13.2 Å². The van der Waals surface area contributed by atoms with Gasteiger partial charge in [0.2, 0.25) is 0 Å². The first-order valence-corrected chi connectivity index (χ1v) is 7.96. The summed E-state index contributed by atoms with van der Waals surface area (Å²) >= 11 is 0. The van der Waals surface area contributed by atoms with Gasteiger partial charge in [-0.25, -0.2) is 0 Å². The third-order valence-corrected chi connectivity index (χ3v) is 3.53. The minimum absolute atomic E-state index is 0.312. The van der Waals surface area contributed by atoms with Crippen LogP contribution in [0.25, 0.3) is 0 Å². The van der Waals surface area contributed by atoms with Gasteiger partial charge in [-0.05, 0) is 31.0 Å². The molecule has 1 nitrogen and oxygen atoms in total. The molecule has 1 aliphatic heterocycles. The van der Waals surface area contributed by atoms with Gasteiger partial charge in [0.05, 0.1) is 5.56 Å². The molecule has 0 saturated carbocycles. The van der Waals surface area contributed by atoms with E-state index in [2.05, 4.69) is 18.4 Å². The molecule has 4 heteroatoms. The Morgan fingerprint density at radius 2 is 1.59 bits per heavy atom. The highest BCUT2D eigenvalue weighted by atomic mass is 19.4. The maximum atomic E-state index is 12.4. The van der Waals surface area contributed by atoms with Gasteiger partial charge in [0, 0.05) is 19.1 Å². The van der Waals surface area contributed by atoms with E-state index in [-0.39, 0.29) is 0 Å². The van der Waals surface area contributed by atoms with Crippen LogP contribution in [0.1, 0.15) is 52.2 Å². The quantitative estimate of drug-likeness (QED) is 0.613. The molecular formula is C18H28F3N. The number of likely N-dealkylation sites (tertiary alicyclic amines) is 1. The highest BCUT2D eigenvalue weighted by molar-refractivity contribution is 5.25. The normalized spacial score (nSPS) is 18.2. The predicted molar refractivity (Wildman–Crippen MR) is 87.8 cm³/mol. The Hall–Kier alpha value is -1.29. The lowest BCUT2D eigenvalue weighted by Crippen LogP contribution is -2.26. The molecule has 1 aromatic rings. The maximum Gasteiger partial charge on any atom is 0.416 e. The summed E-state index contributed by atoms with van der Waals surface area (Å²) in [6.45, 7) is 15.7. The molecule has 0 bridgehead atoms. The summed E-state index contributed by atoms with van der Waals surface area (Å²) in [4.78, 5) is 2.23. The SMILES string of the molecule is C=C1CCN(Cc2ccc(C(F)(F)F)cc2)[C@H]1C.CC.CC. The first kappa shape index (κ1) is 20.7. The van der Waals surface area contributed by atoms with Crippen LogP contribution < -0.4 is 0 Å². The van der Waals surface area contributed by atoms with E-state index in [0.717, 1.165) is 30.7 Å². The fourth-order valence-corrected chi connectivity index (χ4v) is 2.20. The van der Waals surface area contributed by atoms with Gasteiger partial charge >= 0.3 is 6.18 Å². The van der Waals surface area contributed by atoms with Crippen molar-refractivity contribution in [2.24, 2.45) is 0 Å². The number of hydrogen-bond acceptors (Lipinski definition) is 1. The van der Waals surface area contributed by atoms with Gasteiger partial charge in [-0.3, -0.25) is 4.90 Å². The van der Waals surface area contributed by atoms with Crippen molar-refractivity contribution in [2.75, 3.05) is 6.54 Å². The van der Waals surface area contributed by atoms with E-state index in [1.807, 2.05) is 27.7 Å².